The van der Waals surface area contributed by atoms with Crippen LogP contribution >= 0.6 is 0 Å². The summed E-state index contributed by atoms with van der Waals surface area (Å²) in [5, 5.41) is 0. The van der Waals surface area contributed by atoms with E-state index in [0.717, 1.165) is 23.7 Å². The molecule has 62 valence electrons. The van der Waals surface area contributed by atoms with E-state index < -0.39 is 0 Å². The van der Waals surface area contributed by atoms with Crippen molar-refractivity contribution in [3.05, 3.63) is 12.7 Å². The average molecular weight is 150 g/mol. The zero-order chi connectivity index (χ0) is 7.84. The van der Waals surface area contributed by atoms with Gasteiger partial charge in [0, 0.05) is 0 Å². The molecule has 3 aliphatic carbocycles. The van der Waals surface area contributed by atoms with Crippen LogP contribution in [0.5, 0.6) is 0 Å². The third-order valence-electron chi connectivity index (χ3n) is 3.98. The third-order valence-corrected chi connectivity index (χ3v) is 3.98. The minimum atomic E-state index is 0.850. The van der Waals surface area contributed by atoms with Gasteiger partial charge in [-0.2, -0.15) is 0 Å². The molecule has 0 aromatic rings. The van der Waals surface area contributed by atoms with Gasteiger partial charge in [-0.15, -0.1) is 6.58 Å². The minimum Gasteiger partial charge on any atom is -0.103 e. The average Bonchev–Trinajstić information content (AvgIpc) is 2.06. The minimum absolute atomic E-state index is 0.850. The quantitative estimate of drug-likeness (QED) is 0.503. The summed E-state index contributed by atoms with van der Waals surface area (Å²) in [4.78, 5) is 0. The Hall–Kier alpha value is -0.260. The van der Waals surface area contributed by atoms with E-state index in [-0.39, 0.29) is 0 Å². The fourth-order valence-corrected chi connectivity index (χ4v) is 3.21. The van der Waals surface area contributed by atoms with Gasteiger partial charge in [-0.05, 0) is 49.4 Å². The number of allylic oxidation sites excluding steroid dienone is 1. The van der Waals surface area contributed by atoms with Crippen LogP contribution in [0.3, 0.4) is 0 Å². The first kappa shape index (κ1) is 7.39. The Labute approximate surface area is 69.7 Å². The Bertz CT molecular complexity index is 149. The maximum Gasteiger partial charge on any atom is -0.0179 e. The van der Waals surface area contributed by atoms with Crippen LogP contribution in [0, 0.1) is 23.7 Å². The lowest BCUT2D eigenvalue weighted by atomic mass is 9.59. The molecule has 2 atom stereocenters. The van der Waals surface area contributed by atoms with Crippen LogP contribution in [0.1, 0.15) is 32.6 Å². The molecule has 3 fully saturated rings. The zero-order valence-electron chi connectivity index (χ0n) is 7.42. The maximum absolute atomic E-state index is 3.95. The fourth-order valence-electron chi connectivity index (χ4n) is 3.21. The molecule has 0 heteroatoms. The van der Waals surface area contributed by atoms with Crippen LogP contribution in [0.15, 0.2) is 12.7 Å². The molecule has 2 bridgehead atoms. The summed E-state index contributed by atoms with van der Waals surface area (Å²) >= 11 is 0. The van der Waals surface area contributed by atoms with E-state index in [4.69, 9.17) is 0 Å². The van der Waals surface area contributed by atoms with Gasteiger partial charge < -0.3 is 0 Å². The summed E-state index contributed by atoms with van der Waals surface area (Å²) < 4.78 is 0. The van der Waals surface area contributed by atoms with Crippen molar-refractivity contribution in [1.29, 1.82) is 0 Å². The van der Waals surface area contributed by atoms with Crippen molar-refractivity contribution in [3.63, 3.8) is 0 Å². The van der Waals surface area contributed by atoms with E-state index in [9.17, 15) is 0 Å². The van der Waals surface area contributed by atoms with E-state index in [1.54, 1.807) is 0 Å². The van der Waals surface area contributed by atoms with Crippen molar-refractivity contribution in [2.75, 3.05) is 0 Å². The molecule has 11 heavy (non-hydrogen) atoms. The van der Waals surface area contributed by atoms with E-state index in [1.165, 1.54) is 25.7 Å². The highest BCUT2D eigenvalue weighted by Crippen LogP contribution is 2.48. The van der Waals surface area contributed by atoms with Gasteiger partial charge in [0.25, 0.3) is 0 Å². The number of fused-ring (bicyclic) bond motifs is 3. The second kappa shape index (κ2) is 2.66. The molecule has 0 N–H and O–H groups in total. The van der Waals surface area contributed by atoms with Crippen molar-refractivity contribution in [1.82, 2.24) is 0 Å². The van der Waals surface area contributed by atoms with Crippen LogP contribution in [-0.4, -0.2) is 0 Å². The predicted molar refractivity (Wildman–Crippen MR) is 48.3 cm³/mol. The predicted octanol–water partition coefficient (Wildman–Crippen LogP) is 3.24. The molecule has 3 aliphatic rings. The first-order valence-corrected chi connectivity index (χ1v) is 4.95. The fraction of sp³-hybridized carbons (Fsp3) is 0.818. The highest BCUT2D eigenvalue weighted by molar-refractivity contribution is 4.97. The first-order valence-electron chi connectivity index (χ1n) is 4.95. The van der Waals surface area contributed by atoms with E-state index >= 15 is 0 Å². The van der Waals surface area contributed by atoms with E-state index in [1.807, 2.05) is 0 Å². The normalized spacial score (nSPS) is 49.2. The molecule has 0 amide bonds. The summed E-state index contributed by atoms with van der Waals surface area (Å²) in [6.45, 7) is 6.37. The SMILES string of the molecule is C=C[C@H]1C2CCC(CC2)[C@@H]1C. The molecule has 0 unspecified atom stereocenters. The van der Waals surface area contributed by atoms with Crippen LogP contribution in [0.2, 0.25) is 0 Å². The Morgan fingerprint density at radius 2 is 1.64 bits per heavy atom. The standard InChI is InChI=1S/C11H18/c1-3-11-8(2)9-4-6-10(11)7-5-9/h3,8-11H,1,4-7H2,2H3/t8-,9?,10?,11+/m0/s1. The summed E-state index contributed by atoms with van der Waals surface area (Å²) in [5.74, 6) is 3.80. The second-order valence-electron chi connectivity index (χ2n) is 4.35. The molecule has 0 radical (unpaired) electrons. The van der Waals surface area contributed by atoms with Gasteiger partial charge in [0.15, 0.2) is 0 Å². The van der Waals surface area contributed by atoms with Crippen molar-refractivity contribution in [3.8, 4) is 0 Å². The lowest BCUT2D eigenvalue weighted by Crippen LogP contribution is -2.37. The molecule has 0 aliphatic heterocycles. The molecule has 3 rings (SSSR count). The van der Waals surface area contributed by atoms with Crippen LogP contribution in [0.4, 0.5) is 0 Å². The molecule has 0 aromatic carbocycles. The van der Waals surface area contributed by atoms with Gasteiger partial charge >= 0.3 is 0 Å². The largest absolute Gasteiger partial charge is 0.103 e. The van der Waals surface area contributed by atoms with Crippen LogP contribution in [0.25, 0.3) is 0 Å². The summed E-state index contributed by atoms with van der Waals surface area (Å²) in [6, 6.07) is 0. The number of rotatable bonds is 1. The molecule has 3 saturated carbocycles. The van der Waals surface area contributed by atoms with E-state index in [2.05, 4.69) is 19.6 Å². The first-order chi connectivity index (χ1) is 5.33. The molecule has 0 aromatic heterocycles. The summed E-state index contributed by atoms with van der Waals surface area (Å²) in [7, 11) is 0. The molecular weight excluding hydrogens is 132 g/mol. The van der Waals surface area contributed by atoms with Gasteiger partial charge in [0.2, 0.25) is 0 Å². The van der Waals surface area contributed by atoms with Crippen molar-refractivity contribution < 1.29 is 0 Å². The number of hydrogen-bond acceptors (Lipinski definition) is 0. The highest BCUT2D eigenvalue weighted by atomic mass is 14.4. The van der Waals surface area contributed by atoms with E-state index in [0.29, 0.717) is 0 Å². The lowest BCUT2D eigenvalue weighted by Gasteiger charge is -2.46. The molecule has 0 nitrogen and oxygen atoms in total. The second-order valence-corrected chi connectivity index (χ2v) is 4.35. The Balaban J connectivity index is 2.16. The lowest BCUT2D eigenvalue weighted by molar-refractivity contribution is 0.0623. The van der Waals surface area contributed by atoms with Crippen LogP contribution in [-0.2, 0) is 0 Å². The van der Waals surface area contributed by atoms with Crippen molar-refractivity contribution in [2.24, 2.45) is 23.7 Å². The van der Waals surface area contributed by atoms with Crippen LogP contribution < -0.4 is 0 Å². The highest BCUT2D eigenvalue weighted by Gasteiger charge is 2.39. The summed E-state index contributed by atoms with van der Waals surface area (Å²) in [6.07, 6.45) is 8.16. The van der Waals surface area contributed by atoms with Crippen molar-refractivity contribution >= 4 is 0 Å². The molecule has 0 saturated heterocycles. The topological polar surface area (TPSA) is 0 Å². The van der Waals surface area contributed by atoms with Crippen molar-refractivity contribution in [2.45, 2.75) is 32.6 Å². The Morgan fingerprint density at radius 1 is 1.09 bits per heavy atom. The van der Waals surface area contributed by atoms with Gasteiger partial charge in [-0.25, -0.2) is 0 Å². The smallest absolute Gasteiger partial charge is 0.0179 e. The van der Waals surface area contributed by atoms with Gasteiger partial charge in [-0.3, -0.25) is 0 Å². The maximum atomic E-state index is 3.95. The molecule has 0 spiro atoms. The monoisotopic (exact) mass is 150 g/mol. The third kappa shape index (κ3) is 1.04. The zero-order valence-corrected chi connectivity index (χ0v) is 7.42. The molecular formula is C11H18. The Kier molecular flexibility index (Phi) is 1.78. The number of hydrogen-bond donors (Lipinski definition) is 0. The Morgan fingerprint density at radius 3 is 2.00 bits per heavy atom. The molecule has 0 heterocycles. The van der Waals surface area contributed by atoms with Gasteiger partial charge in [-0.1, -0.05) is 13.0 Å². The van der Waals surface area contributed by atoms with Gasteiger partial charge in [0.05, 0.1) is 0 Å². The van der Waals surface area contributed by atoms with Gasteiger partial charge in [0.1, 0.15) is 0 Å². The summed E-state index contributed by atoms with van der Waals surface area (Å²) in [5.41, 5.74) is 0.